The van der Waals surface area contributed by atoms with Gasteiger partial charge in [0.25, 0.3) is 5.56 Å². The van der Waals surface area contributed by atoms with E-state index < -0.39 is 11.2 Å². The molecule has 1 unspecified atom stereocenters. The van der Waals surface area contributed by atoms with Crippen molar-refractivity contribution in [3.8, 4) is 0 Å². The first-order chi connectivity index (χ1) is 11.8. The molecule has 9 heteroatoms. The largest absolute Gasteiger partial charge is 0.348 e. The van der Waals surface area contributed by atoms with E-state index >= 15 is 0 Å². The van der Waals surface area contributed by atoms with E-state index in [0.29, 0.717) is 34.4 Å². The molecular formula is C16H16Cl2N4O3. The summed E-state index contributed by atoms with van der Waals surface area (Å²) in [6.45, 7) is 2.62. The zero-order valence-corrected chi connectivity index (χ0v) is 14.9. The summed E-state index contributed by atoms with van der Waals surface area (Å²) in [5.74, 6) is -0.190. The van der Waals surface area contributed by atoms with Crippen molar-refractivity contribution in [3.05, 3.63) is 65.9 Å². The fourth-order valence-corrected chi connectivity index (χ4v) is 3.14. The van der Waals surface area contributed by atoms with E-state index in [1.54, 1.807) is 23.1 Å². The van der Waals surface area contributed by atoms with Crippen LogP contribution in [0.3, 0.4) is 0 Å². The van der Waals surface area contributed by atoms with Crippen LogP contribution in [0, 0.1) is 0 Å². The Morgan fingerprint density at radius 2 is 2.00 bits per heavy atom. The number of carbonyl (C=O) groups is 1. The van der Waals surface area contributed by atoms with Crippen LogP contribution < -0.4 is 16.6 Å². The van der Waals surface area contributed by atoms with Gasteiger partial charge < -0.3 is 10.3 Å². The zero-order chi connectivity index (χ0) is 18.1. The van der Waals surface area contributed by atoms with Crippen LogP contribution in [0.25, 0.3) is 0 Å². The molecule has 2 heterocycles. The van der Waals surface area contributed by atoms with Crippen molar-refractivity contribution in [1.29, 1.82) is 0 Å². The SMILES string of the molecule is CC(NC(=O)CN1Cc2[nH]c(=O)[nH]c(=O)c2C1)c1ccc(Cl)c(Cl)c1. The van der Waals surface area contributed by atoms with E-state index in [4.69, 9.17) is 23.2 Å². The standard InChI is InChI=1S/C16H16Cl2N4O3/c1-8(9-2-3-11(17)12(18)4-9)19-14(23)7-22-5-10-13(6-22)20-16(25)21-15(10)24/h2-4,8H,5-7H2,1H3,(H,19,23)(H2,20,21,24,25). The minimum atomic E-state index is -0.539. The van der Waals surface area contributed by atoms with E-state index in [1.807, 2.05) is 6.92 Å². The van der Waals surface area contributed by atoms with Gasteiger partial charge in [-0.2, -0.15) is 0 Å². The number of fused-ring (bicyclic) bond motifs is 1. The number of halogens is 2. The highest BCUT2D eigenvalue weighted by Gasteiger charge is 2.25. The van der Waals surface area contributed by atoms with Crippen LogP contribution in [-0.2, 0) is 17.9 Å². The summed E-state index contributed by atoms with van der Waals surface area (Å²) < 4.78 is 0. The first kappa shape index (κ1) is 17.7. The topological polar surface area (TPSA) is 98.1 Å². The highest BCUT2D eigenvalue weighted by atomic mass is 35.5. The van der Waals surface area contributed by atoms with Crippen LogP contribution >= 0.6 is 23.2 Å². The third-order valence-corrected chi connectivity index (χ3v) is 4.82. The number of hydrogen-bond acceptors (Lipinski definition) is 4. The summed E-state index contributed by atoms with van der Waals surface area (Å²) in [4.78, 5) is 41.9. The van der Waals surface area contributed by atoms with Gasteiger partial charge in [-0.05, 0) is 24.6 Å². The Balaban J connectivity index is 1.62. The van der Waals surface area contributed by atoms with Gasteiger partial charge in [-0.1, -0.05) is 29.3 Å². The van der Waals surface area contributed by atoms with Gasteiger partial charge in [0.15, 0.2) is 0 Å². The van der Waals surface area contributed by atoms with Gasteiger partial charge in [-0.15, -0.1) is 0 Å². The normalized spacial score (nSPS) is 15.0. The van der Waals surface area contributed by atoms with Crippen LogP contribution in [0.1, 0.15) is 29.8 Å². The molecule has 1 aliphatic rings. The second kappa shape index (κ2) is 7.03. The summed E-state index contributed by atoms with van der Waals surface area (Å²) in [6.07, 6.45) is 0. The minimum absolute atomic E-state index is 0.113. The molecule has 0 fully saturated rings. The predicted molar refractivity (Wildman–Crippen MR) is 94.8 cm³/mol. The molecule has 0 saturated carbocycles. The quantitative estimate of drug-likeness (QED) is 0.747. The van der Waals surface area contributed by atoms with Gasteiger partial charge in [0.05, 0.1) is 28.2 Å². The molecule has 1 amide bonds. The van der Waals surface area contributed by atoms with Gasteiger partial charge in [-0.25, -0.2) is 4.79 Å². The molecule has 0 spiro atoms. The molecule has 0 saturated heterocycles. The Labute approximate surface area is 153 Å². The number of aromatic amines is 2. The van der Waals surface area contributed by atoms with Gasteiger partial charge in [0, 0.05) is 18.8 Å². The molecule has 3 rings (SSSR count). The number of aromatic nitrogens is 2. The highest BCUT2D eigenvalue weighted by molar-refractivity contribution is 6.42. The summed E-state index contributed by atoms with van der Waals surface area (Å²) >= 11 is 11.9. The second-order valence-electron chi connectivity index (χ2n) is 5.97. The Morgan fingerprint density at radius 3 is 2.72 bits per heavy atom. The smallest absolute Gasteiger partial charge is 0.325 e. The van der Waals surface area contributed by atoms with Crippen LogP contribution in [0.5, 0.6) is 0 Å². The molecule has 1 aromatic heterocycles. The summed E-state index contributed by atoms with van der Waals surface area (Å²) in [7, 11) is 0. The first-order valence-electron chi connectivity index (χ1n) is 7.64. The Kier molecular flexibility index (Phi) is 4.99. The predicted octanol–water partition coefficient (Wildman–Crippen LogP) is 1.56. The van der Waals surface area contributed by atoms with Gasteiger partial charge >= 0.3 is 5.69 Å². The van der Waals surface area contributed by atoms with E-state index in [0.717, 1.165) is 5.56 Å². The average molecular weight is 383 g/mol. The molecule has 7 nitrogen and oxygen atoms in total. The number of hydrogen-bond donors (Lipinski definition) is 3. The lowest BCUT2D eigenvalue weighted by Gasteiger charge is -2.18. The monoisotopic (exact) mass is 382 g/mol. The number of H-pyrrole nitrogens is 2. The maximum atomic E-state index is 12.3. The number of amides is 1. The lowest BCUT2D eigenvalue weighted by atomic mass is 10.1. The first-order valence-corrected chi connectivity index (χ1v) is 8.40. The number of carbonyl (C=O) groups excluding carboxylic acids is 1. The summed E-state index contributed by atoms with van der Waals surface area (Å²) in [5, 5.41) is 3.77. The molecule has 2 aromatic rings. The Hall–Kier alpha value is -2.09. The van der Waals surface area contributed by atoms with Crippen molar-refractivity contribution in [1.82, 2.24) is 20.2 Å². The van der Waals surface area contributed by atoms with Gasteiger partial charge in [-0.3, -0.25) is 19.5 Å². The number of rotatable bonds is 4. The van der Waals surface area contributed by atoms with Crippen molar-refractivity contribution in [3.63, 3.8) is 0 Å². The van der Waals surface area contributed by atoms with E-state index in [9.17, 15) is 14.4 Å². The van der Waals surface area contributed by atoms with Gasteiger partial charge in [0.1, 0.15) is 0 Å². The highest BCUT2D eigenvalue weighted by Crippen LogP contribution is 2.25. The molecule has 1 aliphatic heterocycles. The molecule has 1 atom stereocenters. The molecule has 132 valence electrons. The molecule has 0 bridgehead atoms. The van der Waals surface area contributed by atoms with Crippen LogP contribution in [-0.4, -0.2) is 27.3 Å². The third-order valence-electron chi connectivity index (χ3n) is 4.08. The molecule has 1 aromatic carbocycles. The molecular weight excluding hydrogens is 367 g/mol. The van der Waals surface area contributed by atoms with Crippen molar-refractivity contribution in [2.45, 2.75) is 26.1 Å². The molecule has 0 radical (unpaired) electrons. The van der Waals surface area contributed by atoms with Crippen molar-refractivity contribution < 1.29 is 4.79 Å². The Morgan fingerprint density at radius 1 is 1.24 bits per heavy atom. The maximum absolute atomic E-state index is 12.3. The third kappa shape index (κ3) is 3.95. The maximum Gasteiger partial charge on any atom is 0.325 e. The van der Waals surface area contributed by atoms with E-state index in [1.165, 1.54) is 0 Å². The Bertz CT molecular complexity index is 938. The van der Waals surface area contributed by atoms with Crippen molar-refractivity contribution in [2.75, 3.05) is 6.54 Å². The van der Waals surface area contributed by atoms with E-state index in [-0.39, 0.29) is 18.5 Å². The van der Waals surface area contributed by atoms with E-state index in [2.05, 4.69) is 15.3 Å². The van der Waals surface area contributed by atoms with Crippen molar-refractivity contribution >= 4 is 29.1 Å². The lowest BCUT2D eigenvalue weighted by molar-refractivity contribution is -0.123. The minimum Gasteiger partial charge on any atom is -0.348 e. The number of nitrogens with one attached hydrogen (secondary N) is 3. The fourth-order valence-electron chi connectivity index (χ4n) is 2.83. The molecule has 3 N–H and O–H groups in total. The number of nitrogens with zero attached hydrogens (tertiary/aromatic N) is 1. The summed E-state index contributed by atoms with van der Waals surface area (Å²) in [6, 6.07) is 4.96. The number of benzene rings is 1. The summed E-state index contributed by atoms with van der Waals surface area (Å²) in [5.41, 5.74) is 0.936. The second-order valence-corrected chi connectivity index (χ2v) is 6.79. The van der Waals surface area contributed by atoms with Crippen LogP contribution in [0.15, 0.2) is 27.8 Å². The van der Waals surface area contributed by atoms with Crippen LogP contribution in [0.4, 0.5) is 0 Å². The molecule has 0 aliphatic carbocycles. The van der Waals surface area contributed by atoms with Crippen molar-refractivity contribution in [2.24, 2.45) is 0 Å². The van der Waals surface area contributed by atoms with Gasteiger partial charge in [0.2, 0.25) is 5.91 Å². The molecule has 25 heavy (non-hydrogen) atoms. The average Bonchev–Trinajstić information content (AvgIpc) is 2.92. The van der Waals surface area contributed by atoms with Crippen LogP contribution in [0.2, 0.25) is 10.0 Å². The fraction of sp³-hybridized carbons (Fsp3) is 0.312. The zero-order valence-electron chi connectivity index (χ0n) is 13.4. The lowest BCUT2D eigenvalue weighted by Crippen LogP contribution is -2.36.